The number of benzene rings is 3. The number of rotatable bonds is 6. The molecule has 8 heteroatoms. The van der Waals surface area contributed by atoms with Gasteiger partial charge < -0.3 is 10.1 Å². The zero-order valence-corrected chi connectivity index (χ0v) is 17.3. The van der Waals surface area contributed by atoms with Gasteiger partial charge in [0.05, 0.1) is 28.3 Å². The van der Waals surface area contributed by atoms with E-state index in [1.54, 1.807) is 43.5 Å². The van der Waals surface area contributed by atoms with E-state index in [1.807, 2.05) is 6.92 Å². The van der Waals surface area contributed by atoms with Crippen LogP contribution in [0.3, 0.4) is 0 Å². The second-order valence-electron chi connectivity index (χ2n) is 6.30. The van der Waals surface area contributed by atoms with Crippen LogP contribution in [0.15, 0.2) is 71.6 Å². The number of hydrogen-bond acceptors (Lipinski definition) is 4. The molecule has 0 saturated carbocycles. The number of halogens is 1. The molecule has 0 aliphatic carbocycles. The quantitative estimate of drug-likeness (QED) is 0.593. The monoisotopic (exact) mass is 430 g/mol. The number of hydrogen-bond donors (Lipinski definition) is 2. The van der Waals surface area contributed by atoms with E-state index in [2.05, 4.69) is 10.0 Å². The number of sulfonamides is 1. The Morgan fingerprint density at radius 2 is 1.55 bits per heavy atom. The lowest BCUT2D eigenvalue weighted by Gasteiger charge is -2.11. The molecule has 6 nitrogen and oxygen atoms in total. The van der Waals surface area contributed by atoms with E-state index in [0.29, 0.717) is 11.4 Å². The fourth-order valence-corrected chi connectivity index (χ4v) is 3.88. The first-order valence-corrected chi connectivity index (χ1v) is 10.5. The number of ether oxygens (including phenoxy) is 1. The molecule has 2 N–H and O–H groups in total. The van der Waals surface area contributed by atoms with Crippen LogP contribution in [-0.4, -0.2) is 21.4 Å². The molecule has 0 aromatic heterocycles. The van der Waals surface area contributed by atoms with Gasteiger partial charge in [0.1, 0.15) is 5.75 Å². The second-order valence-corrected chi connectivity index (χ2v) is 8.39. The number of methoxy groups -OCH3 is 1. The summed E-state index contributed by atoms with van der Waals surface area (Å²) in [5, 5.41) is 2.86. The molecule has 0 aliphatic heterocycles. The predicted molar refractivity (Wildman–Crippen MR) is 114 cm³/mol. The van der Waals surface area contributed by atoms with Gasteiger partial charge in [-0.25, -0.2) is 8.42 Å². The van der Waals surface area contributed by atoms with Gasteiger partial charge >= 0.3 is 0 Å². The van der Waals surface area contributed by atoms with Crippen LogP contribution in [0.4, 0.5) is 11.4 Å². The molecule has 0 heterocycles. The lowest BCUT2D eigenvalue weighted by atomic mass is 10.2. The molecule has 0 spiro atoms. The molecule has 29 heavy (non-hydrogen) atoms. The third-order valence-corrected chi connectivity index (χ3v) is 5.86. The van der Waals surface area contributed by atoms with Gasteiger partial charge in [0.2, 0.25) is 0 Å². The summed E-state index contributed by atoms with van der Waals surface area (Å²) < 4.78 is 32.5. The van der Waals surface area contributed by atoms with Crippen molar-refractivity contribution in [1.82, 2.24) is 0 Å². The third kappa shape index (κ3) is 5.07. The Kier molecular flexibility index (Phi) is 6.10. The zero-order chi connectivity index (χ0) is 21.0. The minimum Gasteiger partial charge on any atom is -0.497 e. The highest BCUT2D eigenvalue weighted by Crippen LogP contribution is 2.25. The summed E-state index contributed by atoms with van der Waals surface area (Å²) in [6.45, 7) is 1.87. The Morgan fingerprint density at radius 3 is 2.14 bits per heavy atom. The maximum atomic E-state index is 12.5. The summed E-state index contributed by atoms with van der Waals surface area (Å²) in [6, 6.07) is 17.7. The highest BCUT2D eigenvalue weighted by molar-refractivity contribution is 7.92. The summed E-state index contributed by atoms with van der Waals surface area (Å²) in [5.41, 5.74) is 2.02. The topological polar surface area (TPSA) is 84.5 Å². The van der Waals surface area contributed by atoms with Crippen molar-refractivity contribution in [2.45, 2.75) is 11.8 Å². The second kappa shape index (κ2) is 8.55. The third-order valence-electron chi connectivity index (χ3n) is 4.15. The number of aryl methyl sites for hydroxylation is 1. The van der Waals surface area contributed by atoms with Gasteiger partial charge in [-0.1, -0.05) is 29.3 Å². The van der Waals surface area contributed by atoms with E-state index in [-0.39, 0.29) is 21.2 Å². The summed E-state index contributed by atoms with van der Waals surface area (Å²) in [5.74, 6) is 0.263. The average molecular weight is 431 g/mol. The first-order valence-electron chi connectivity index (χ1n) is 8.63. The van der Waals surface area contributed by atoms with Crippen molar-refractivity contribution in [2.24, 2.45) is 0 Å². The van der Waals surface area contributed by atoms with Crippen LogP contribution in [0.25, 0.3) is 0 Å². The van der Waals surface area contributed by atoms with E-state index in [9.17, 15) is 13.2 Å². The smallest absolute Gasteiger partial charge is 0.261 e. The predicted octanol–water partition coefficient (Wildman–Crippen LogP) is 4.71. The van der Waals surface area contributed by atoms with Crippen molar-refractivity contribution in [3.8, 4) is 5.75 Å². The van der Waals surface area contributed by atoms with Crippen LogP contribution in [0.5, 0.6) is 5.75 Å². The van der Waals surface area contributed by atoms with Crippen LogP contribution >= 0.6 is 11.6 Å². The SMILES string of the molecule is COc1ccc(NC(=O)c2ccc(NS(=O)(=O)c3ccc(C)cc3)cc2Cl)cc1. The number of carbonyl (C=O) groups is 1. The summed E-state index contributed by atoms with van der Waals surface area (Å²) in [4.78, 5) is 12.6. The van der Waals surface area contributed by atoms with Crippen molar-refractivity contribution in [3.05, 3.63) is 82.9 Å². The van der Waals surface area contributed by atoms with Crippen molar-refractivity contribution in [1.29, 1.82) is 0 Å². The van der Waals surface area contributed by atoms with Crippen molar-refractivity contribution in [3.63, 3.8) is 0 Å². The molecule has 150 valence electrons. The van der Waals surface area contributed by atoms with Crippen LogP contribution in [-0.2, 0) is 10.0 Å². The lowest BCUT2D eigenvalue weighted by Crippen LogP contribution is -2.15. The standard InChI is InChI=1S/C21H19ClN2O4S/c1-14-3-10-18(11-4-14)29(26,27)24-16-7-12-19(20(22)13-16)21(25)23-15-5-8-17(28-2)9-6-15/h3-13,24H,1-2H3,(H,23,25). The first kappa shape index (κ1) is 20.7. The molecule has 0 bridgehead atoms. The van der Waals surface area contributed by atoms with Crippen molar-refractivity contribution in [2.75, 3.05) is 17.1 Å². The molecule has 3 aromatic carbocycles. The molecule has 0 aliphatic rings. The molecule has 1 amide bonds. The van der Waals surface area contributed by atoms with Gasteiger partial charge in [-0.05, 0) is 61.5 Å². The van der Waals surface area contributed by atoms with Crippen molar-refractivity contribution >= 4 is 38.9 Å². The highest BCUT2D eigenvalue weighted by Gasteiger charge is 2.16. The van der Waals surface area contributed by atoms with E-state index in [1.165, 1.54) is 30.3 Å². The fourth-order valence-electron chi connectivity index (χ4n) is 2.57. The maximum Gasteiger partial charge on any atom is 0.261 e. The van der Waals surface area contributed by atoms with Gasteiger partial charge in [0.15, 0.2) is 0 Å². The van der Waals surface area contributed by atoms with E-state index in [4.69, 9.17) is 16.3 Å². The van der Waals surface area contributed by atoms with Gasteiger partial charge in [-0.3, -0.25) is 9.52 Å². The Labute approximate surface area is 174 Å². The first-order chi connectivity index (χ1) is 13.8. The molecule has 0 saturated heterocycles. The van der Waals surface area contributed by atoms with Crippen LogP contribution < -0.4 is 14.8 Å². The number of anilines is 2. The number of amides is 1. The van der Waals surface area contributed by atoms with Crippen LogP contribution in [0.1, 0.15) is 15.9 Å². The van der Waals surface area contributed by atoms with Gasteiger partial charge in [-0.15, -0.1) is 0 Å². The van der Waals surface area contributed by atoms with Gasteiger partial charge in [-0.2, -0.15) is 0 Å². The number of carbonyl (C=O) groups excluding carboxylic acids is 1. The Morgan fingerprint density at radius 1 is 0.931 bits per heavy atom. The average Bonchev–Trinajstić information content (AvgIpc) is 2.68. The minimum absolute atomic E-state index is 0.125. The molecule has 3 rings (SSSR count). The van der Waals surface area contributed by atoms with Gasteiger partial charge in [0.25, 0.3) is 15.9 Å². The van der Waals surface area contributed by atoms with E-state index >= 15 is 0 Å². The van der Waals surface area contributed by atoms with Crippen molar-refractivity contribution < 1.29 is 17.9 Å². The Bertz CT molecular complexity index is 1130. The molecule has 0 atom stereocenters. The molecular weight excluding hydrogens is 412 g/mol. The zero-order valence-electron chi connectivity index (χ0n) is 15.8. The van der Waals surface area contributed by atoms with Crippen LogP contribution in [0, 0.1) is 6.92 Å². The van der Waals surface area contributed by atoms with E-state index in [0.717, 1.165) is 5.56 Å². The van der Waals surface area contributed by atoms with Crippen LogP contribution in [0.2, 0.25) is 5.02 Å². The summed E-state index contributed by atoms with van der Waals surface area (Å²) in [7, 11) is -2.20. The summed E-state index contributed by atoms with van der Waals surface area (Å²) in [6.07, 6.45) is 0. The molecule has 0 fully saturated rings. The fraction of sp³-hybridized carbons (Fsp3) is 0.0952. The molecule has 3 aromatic rings. The highest BCUT2D eigenvalue weighted by atomic mass is 35.5. The van der Waals surface area contributed by atoms with Gasteiger partial charge in [0, 0.05) is 5.69 Å². The summed E-state index contributed by atoms with van der Waals surface area (Å²) >= 11 is 6.22. The molecular formula is C21H19ClN2O4S. The van der Waals surface area contributed by atoms with E-state index < -0.39 is 15.9 Å². The molecule has 0 radical (unpaired) electrons. The normalized spacial score (nSPS) is 11.0. The lowest BCUT2D eigenvalue weighted by molar-refractivity contribution is 0.102. The Balaban J connectivity index is 1.75. The number of nitrogens with one attached hydrogen (secondary N) is 2. The Hall–Kier alpha value is -3.03. The minimum atomic E-state index is -3.76. The largest absolute Gasteiger partial charge is 0.497 e. The molecule has 0 unspecified atom stereocenters. The maximum absolute atomic E-state index is 12.5.